The van der Waals surface area contributed by atoms with Crippen molar-refractivity contribution < 1.29 is 5.11 Å². The Labute approximate surface area is 161 Å². The zero-order valence-corrected chi connectivity index (χ0v) is 15.9. The molecule has 0 bridgehead atoms. The van der Waals surface area contributed by atoms with Crippen LogP contribution in [0.4, 0.5) is 11.8 Å². The Bertz CT molecular complexity index is 718. The highest BCUT2D eigenvalue weighted by molar-refractivity contribution is 5.44. The molecule has 0 spiro atoms. The molecule has 1 aromatic heterocycles. The van der Waals surface area contributed by atoms with E-state index in [0.29, 0.717) is 6.54 Å². The number of piperidine rings is 1. The largest absolute Gasteiger partial charge is 0.391 e. The molecule has 1 N–H and O–H groups in total. The molecule has 2 aliphatic rings. The molecular formula is C21H29N5O. The molecule has 144 valence electrons. The van der Waals surface area contributed by atoms with E-state index in [-0.39, 0.29) is 6.10 Å². The highest BCUT2D eigenvalue weighted by Crippen LogP contribution is 2.20. The van der Waals surface area contributed by atoms with Gasteiger partial charge in [-0.25, -0.2) is 4.98 Å². The molecule has 0 unspecified atom stereocenters. The van der Waals surface area contributed by atoms with E-state index in [2.05, 4.69) is 50.0 Å². The third-order valence-electron chi connectivity index (χ3n) is 5.56. The first-order chi connectivity index (χ1) is 13.3. The Balaban J connectivity index is 1.31. The van der Waals surface area contributed by atoms with Crippen molar-refractivity contribution in [2.24, 2.45) is 0 Å². The maximum atomic E-state index is 9.92. The van der Waals surface area contributed by atoms with E-state index in [1.54, 1.807) is 0 Å². The van der Waals surface area contributed by atoms with Crippen LogP contribution in [0.1, 0.15) is 18.4 Å². The maximum Gasteiger partial charge on any atom is 0.227 e. The molecule has 0 radical (unpaired) electrons. The molecule has 2 aromatic rings. The fourth-order valence-electron chi connectivity index (χ4n) is 3.93. The lowest BCUT2D eigenvalue weighted by atomic mass is 10.1. The number of hydrogen-bond donors (Lipinski definition) is 1. The fraction of sp³-hybridized carbons (Fsp3) is 0.524. The average Bonchev–Trinajstić information content (AvgIpc) is 2.73. The summed E-state index contributed by atoms with van der Waals surface area (Å²) in [5, 5.41) is 9.92. The number of β-amino-alcohol motifs (C(OH)–C–C–N with tert-alkyl or cyclic N) is 1. The smallest absolute Gasteiger partial charge is 0.227 e. The van der Waals surface area contributed by atoms with Gasteiger partial charge >= 0.3 is 0 Å². The molecular weight excluding hydrogens is 338 g/mol. The van der Waals surface area contributed by atoms with Crippen molar-refractivity contribution >= 4 is 11.8 Å². The number of nitrogens with zero attached hydrogens (tertiary/aromatic N) is 5. The molecule has 0 aliphatic carbocycles. The highest BCUT2D eigenvalue weighted by Gasteiger charge is 2.22. The molecule has 0 saturated carbocycles. The number of aliphatic hydroxyl groups is 1. The molecule has 6 heteroatoms. The second-order valence-corrected chi connectivity index (χ2v) is 7.52. The molecule has 2 fully saturated rings. The average molecular weight is 367 g/mol. The van der Waals surface area contributed by atoms with Gasteiger partial charge in [0, 0.05) is 52.0 Å². The highest BCUT2D eigenvalue weighted by atomic mass is 16.3. The molecule has 0 amide bonds. The van der Waals surface area contributed by atoms with Crippen LogP contribution in [0, 0.1) is 0 Å². The Morgan fingerprint density at radius 1 is 0.963 bits per heavy atom. The van der Waals surface area contributed by atoms with Crippen LogP contribution in [0.3, 0.4) is 0 Å². The first kappa shape index (κ1) is 18.2. The van der Waals surface area contributed by atoms with E-state index in [9.17, 15) is 5.11 Å². The summed E-state index contributed by atoms with van der Waals surface area (Å²) in [6.07, 6.45) is 4.61. The van der Waals surface area contributed by atoms with Gasteiger partial charge in [0.15, 0.2) is 0 Å². The van der Waals surface area contributed by atoms with E-state index in [0.717, 1.165) is 70.3 Å². The topological polar surface area (TPSA) is 55.7 Å². The number of aromatic nitrogens is 2. The second kappa shape index (κ2) is 8.67. The molecule has 1 aromatic carbocycles. The van der Waals surface area contributed by atoms with E-state index < -0.39 is 0 Å². The van der Waals surface area contributed by atoms with Gasteiger partial charge in [-0.2, -0.15) is 4.98 Å². The molecule has 4 rings (SSSR count). The zero-order valence-electron chi connectivity index (χ0n) is 15.9. The zero-order chi connectivity index (χ0) is 18.5. The molecule has 27 heavy (non-hydrogen) atoms. The van der Waals surface area contributed by atoms with Crippen LogP contribution >= 0.6 is 0 Å². The number of hydrogen-bond acceptors (Lipinski definition) is 6. The van der Waals surface area contributed by atoms with Crippen LogP contribution in [0.15, 0.2) is 42.6 Å². The standard InChI is InChI=1S/C21H29N5O/c27-19-7-4-11-26(17-19)20-8-10-22-21(23-20)25-15-13-24(14-16-25)12-9-18-5-2-1-3-6-18/h1-3,5-6,8,10,19,27H,4,7,9,11-17H2/t19-/m1/s1. The molecule has 1 atom stereocenters. The Morgan fingerprint density at radius 2 is 1.78 bits per heavy atom. The van der Waals surface area contributed by atoms with Gasteiger partial charge in [-0.1, -0.05) is 30.3 Å². The minimum atomic E-state index is -0.245. The van der Waals surface area contributed by atoms with Crippen LogP contribution < -0.4 is 9.80 Å². The first-order valence-electron chi connectivity index (χ1n) is 10.1. The fourth-order valence-corrected chi connectivity index (χ4v) is 3.93. The Morgan fingerprint density at radius 3 is 2.56 bits per heavy atom. The number of rotatable bonds is 5. The summed E-state index contributed by atoms with van der Waals surface area (Å²) in [6.45, 7) is 6.74. The molecule has 2 saturated heterocycles. The van der Waals surface area contributed by atoms with Gasteiger partial charge in [-0.05, 0) is 30.9 Å². The van der Waals surface area contributed by atoms with Crippen molar-refractivity contribution in [2.75, 3.05) is 55.6 Å². The van der Waals surface area contributed by atoms with Gasteiger partial charge in [0.2, 0.25) is 5.95 Å². The van der Waals surface area contributed by atoms with Crippen molar-refractivity contribution in [1.29, 1.82) is 0 Å². The van der Waals surface area contributed by atoms with Crippen molar-refractivity contribution in [3.8, 4) is 0 Å². The summed E-state index contributed by atoms with van der Waals surface area (Å²) in [6, 6.07) is 12.6. The summed E-state index contributed by atoms with van der Waals surface area (Å²) in [7, 11) is 0. The maximum absolute atomic E-state index is 9.92. The van der Waals surface area contributed by atoms with Gasteiger partial charge in [0.1, 0.15) is 5.82 Å². The van der Waals surface area contributed by atoms with E-state index in [1.807, 2.05) is 12.3 Å². The lowest BCUT2D eigenvalue weighted by Crippen LogP contribution is -2.47. The summed E-state index contributed by atoms with van der Waals surface area (Å²) in [5.41, 5.74) is 1.40. The number of aliphatic hydroxyl groups excluding tert-OH is 1. The SMILES string of the molecule is O[C@@H]1CCCN(c2ccnc(N3CCN(CCc4ccccc4)CC3)n2)C1. The quantitative estimate of drug-likeness (QED) is 0.870. The summed E-state index contributed by atoms with van der Waals surface area (Å²) in [5.74, 6) is 1.75. The summed E-state index contributed by atoms with van der Waals surface area (Å²) in [4.78, 5) is 16.3. The molecule has 6 nitrogen and oxygen atoms in total. The van der Waals surface area contributed by atoms with Crippen LogP contribution in [0.2, 0.25) is 0 Å². The van der Waals surface area contributed by atoms with Crippen LogP contribution in [0.25, 0.3) is 0 Å². The van der Waals surface area contributed by atoms with Gasteiger partial charge in [0.25, 0.3) is 0 Å². The molecule has 3 heterocycles. The third kappa shape index (κ3) is 4.76. The lowest BCUT2D eigenvalue weighted by molar-refractivity contribution is 0.154. The van der Waals surface area contributed by atoms with Gasteiger partial charge in [0.05, 0.1) is 6.10 Å². The summed E-state index contributed by atoms with van der Waals surface area (Å²) < 4.78 is 0. The van der Waals surface area contributed by atoms with E-state index >= 15 is 0 Å². The third-order valence-corrected chi connectivity index (χ3v) is 5.56. The van der Waals surface area contributed by atoms with Crippen molar-refractivity contribution in [3.63, 3.8) is 0 Å². The Hall–Kier alpha value is -2.18. The van der Waals surface area contributed by atoms with E-state index in [1.165, 1.54) is 5.56 Å². The monoisotopic (exact) mass is 367 g/mol. The van der Waals surface area contributed by atoms with Crippen molar-refractivity contribution in [2.45, 2.75) is 25.4 Å². The predicted octanol–water partition coefficient (Wildman–Crippen LogP) is 1.80. The van der Waals surface area contributed by atoms with Crippen LogP contribution in [-0.4, -0.2) is 71.9 Å². The van der Waals surface area contributed by atoms with Gasteiger partial charge < -0.3 is 14.9 Å². The summed E-state index contributed by atoms with van der Waals surface area (Å²) >= 11 is 0. The van der Waals surface area contributed by atoms with Gasteiger partial charge in [-0.3, -0.25) is 4.90 Å². The molecule has 2 aliphatic heterocycles. The van der Waals surface area contributed by atoms with Crippen molar-refractivity contribution in [1.82, 2.24) is 14.9 Å². The van der Waals surface area contributed by atoms with E-state index in [4.69, 9.17) is 4.98 Å². The minimum absolute atomic E-state index is 0.245. The van der Waals surface area contributed by atoms with Gasteiger partial charge in [-0.15, -0.1) is 0 Å². The van der Waals surface area contributed by atoms with Crippen LogP contribution in [-0.2, 0) is 6.42 Å². The van der Waals surface area contributed by atoms with Crippen molar-refractivity contribution in [3.05, 3.63) is 48.2 Å². The minimum Gasteiger partial charge on any atom is -0.391 e. The Kier molecular flexibility index (Phi) is 5.84. The predicted molar refractivity (Wildman–Crippen MR) is 108 cm³/mol. The lowest BCUT2D eigenvalue weighted by Gasteiger charge is -2.35. The van der Waals surface area contributed by atoms with Crippen LogP contribution in [0.5, 0.6) is 0 Å². The number of piperazine rings is 1. The number of anilines is 2. The normalized spacial score (nSPS) is 21.4. The first-order valence-corrected chi connectivity index (χ1v) is 10.1. The number of benzene rings is 1. The second-order valence-electron chi connectivity index (χ2n) is 7.52.